The van der Waals surface area contributed by atoms with E-state index in [0.29, 0.717) is 0 Å². The fraction of sp³-hybridized carbons (Fsp3) is 0.400. The summed E-state index contributed by atoms with van der Waals surface area (Å²) in [5, 5.41) is 0. The average Bonchev–Trinajstić information content (AvgIpc) is 2.75. The van der Waals surface area contributed by atoms with Gasteiger partial charge in [-0.2, -0.15) is 0 Å². The molecule has 0 unspecified atom stereocenters. The number of aromatic nitrogens is 3. The van der Waals surface area contributed by atoms with Gasteiger partial charge in [0.25, 0.3) is 0 Å². The molecule has 0 spiro atoms. The molecule has 4 heteroatoms. The second-order valence-corrected chi connectivity index (χ2v) is 8.81. The molecule has 3 heterocycles. The van der Waals surface area contributed by atoms with Crippen LogP contribution in [0.25, 0.3) is 0 Å². The highest BCUT2D eigenvalue weighted by molar-refractivity contribution is 5.69. The topological polar surface area (TPSA) is 41.9 Å². The van der Waals surface area contributed by atoms with Crippen LogP contribution in [0.2, 0.25) is 0 Å². The Morgan fingerprint density at radius 1 is 0.655 bits per heavy atom. The molecular formula is C25H32N4. The number of pyridine rings is 3. The first kappa shape index (κ1) is 21.0. The maximum Gasteiger partial charge on any atom is 0.139 e. The van der Waals surface area contributed by atoms with Gasteiger partial charge in [0.05, 0.1) is 0 Å². The lowest BCUT2D eigenvalue weighted by atomic mass is 9.83. The molecule has 0 aliphatic carbocycles. The van der Waals surface area contributed by atoms with Gasteiger partial charge in [-0.15, -0.1) is 0 Å². The van der Waals surface area contributed by atoms with Crippen LogP contribution in [-0.2, 0) is 10.8 Å². The second kappa shape index (κ2) is 8.32. The van der Waals surface area contributed by atoms with Crippen LogP contribution >= 0.6 is 0 Å². The Morgan fingerprint density at radius 3 is 1.48 bits per heavy atom. The van der Waals surface area contributed by atoms with Gasteiger partial charge in [-0.05, 0) is 59.1 Å². The zero-order chi connectivity index (χ0) is 21.1. The molecule has 152 valence electrons. The molecule has 0 radical (unpaired) electrons. The van der Waals surface area contributed by atoms with Crippen molar-refractivity contribution in [2.75, 3.05) is 4.90 Å². The molecule has 0 atom stereocenters. The van der Waals surface area contributed by atoms with E-state index in [2.05, 4.69) is 70.8 Å². The third kappa shape index (κ3) is 4.47. The molecule has 0 aromatic carbocycles. The quantitative estimate of drug-likeness (QED) is 0.451. The average molecular weight is 389 g/mol. The number of rotatable bonds is 7. The van der Waals surface area contributed by atoms with Crippen molar-refractivity contribution in [2.45, 2.75) is 65.2 Å². The molecule has 0 bridgehead atoms. The summed E-state index contributed by atoms with van der Waals surface area (Å²) < 4.78 is 0. The van der Waals surface area contributed by atoms with Crippen LogP contribution in [0.5, 0.6) is 0 Å². The molecule has 0 aliphatic heterocycles. The lowest BCUT2D eigenvalue weighted by Gasteiger charge is -2.26. The number of hydrogen-bond acceptors (Lipinski definition) is 4. The molecule has 29 heavy (non-hydrogen) atoms. The van der Waals surface area contributed by atoms with E-state index < -0.39 is 0 Å². The van der Waals surface area contributed by atoms with Crippen LogP contribution in [0, 0.1) is 0 Å². The first-order valence-corrected chi connectivity index (χ1v) is 10.4. The summed E-state index contributed by atoms with van der Waals surface area (Å²) >= 11 is 0. The Labute approximate surface area is 175 Å². The number of anilines is 3. The summed E-state index contributed by atoms with van der Waals surface area (Å²) in [4.78, 5) is 16.1. The molecule has 0 amide bonds. The Morgan fingerprint density at radius 2 is 1.14 bits per heavy atom. The van der Waals surface area contributed by atoms with Gasteiger partial charge in [0.15, 0.2) is 0 Å². The van der Waals surface area contributed by atoms with Gasteiger partial charge >= 0.3 is 0 Å². The van der Waals surface area contributed by atoms with Crippen LogP contribution in [0.15, 0.2) is 61.1 Å². The van der Waals surface area contributed by atoms with Crippen molar-refractivity contribution >= 4 is 17.5 Å². The molecule has 0 N–H and O–H groups in total. The smallest absolute Gasteiger partial charge is 0.139 e. The molecular weight excluding hydrogens is 356 g/mol. The molecule has 0 saturated heterocycles. The molecule has 0 saturated carbocycles. The first-order chi connectivity index (χ1) is 13.8. The zero-order valence-corrected chi connectivity index (χ0v) is 18.5. The van der Waals surface area contributed by atoms with Crippen LogP contribution in [0.1, 0.15) is 65.5 Å². The van der Waals surface area contributed by atoms with Crippen molar-refractivity contribution in [3.05, 3.63) is 72.2 Å². The van der Waals surface area contributed by atoms with Gasteiger partial charge < -0.3 is 0 Å². The molecule has 0 aliphatic rings. The lowest BCUT2D eigenvalue weighted by Crippen LogP contribution is -2.19. The summed E-state index contributed by atoms with van der Waals surface area (Å²) in [7, 11) is 0. The highest BCUT2D eigenvalue weighted by Gasteiger charge is 2.22. The normalized spacial score (nSPS) is 12.1. The highest BCUT2D eigenvalue weighted by Crippen LogP contribution is 2.34. The Bertz CT molecular complexity index is 854. The van der Waals surface area contributed by atoms with Gasteiger partial charge in [0, 0.05) is 18.6 Å². The van der Waals surface area contributed by atoms with E-state index in [1.807, 2.05) is 35.5 Å². The van der Waals surface area contributed by atoms with E-state index in [1.54, 1.807) is 6.20 Å². The number of hydrogen-bond donors (Lipinski definition) is 0. The highest BCUT2D eigenvalue weighted by atomic mass is 15.3. The van der Waals surface area contributed by atoms with E-state index in [0.717, 1.165) is 30.3 Å². The van der Waals surface area contributed by atoms with E-state index in [4.69, 9.17) is 9.97 Å². The predicted molar refractivity (Wildman–Crippen MR) is 121 cm³/mol. The third-order valence-corrected chi connectivity index (χ3v) is 6.16. The summed E-state index contributed by atoms with van der Waals surface area (Å²) in [6.45, 7) is 13.4. The standard InChI is InChI=1S/C25H32N4/c1-7-24(3,4)19-12-14-22(27-17-19)29(21-11-9-10-16-26-21)23-15-13-20(18-28-23)25(5,6)8-2/h9-18H,7-8H2,1-6H3. The molecule has 4 nitrogen and oxygen atoms in total. The van der Waals surface area contributed by atoms with Crippen molar-refractivity contribution in [3.63, 3.8) is 0 Å². The Balaban J connectivity index is 2.03. The molecule has 3 aromatic heterocycles. The maximum atomic E-state index is 4.78. The maximum absolute atomic E-state index is 4.78. The Hall–Kier alpha value is -2.75. The molecule has 3 rings (SSSR count). The number of nitrogens with zero attached hydrogens (tertiary/aromatic N) is 4. The fourth-order valence-corrected chi connectivity index (χ4v) is 3.08. The minimum Gasteiger partial charge on any atom is -0.262 e. The van der Waals surface area contributed by atoms with Gasteiger partial charge in [0.2, 0.25) is 0 Å². The van der Waals surface area contributed by atoms with Crippen LogP contribution in [0.3, 0.4) is 0 Å². The van der Waals surface area contributed by atoms with Gasteiger partial charge in [-0.1, -0.05) is 59.7 Å². The minimum atomic E-state index is 0.104. The second-order valence-electron chi connectivity index (χ2n) is 8.81. The van der Waals surface area contributed by atoms with Gasteiger partial charge in [-0.3, -0.25) is 4.90 Å². The Kier molecular flexibility index (Phi) is 6.02. The fourth-order valence-electron chi connectivity index (χ4n) is 3.08. The monoisotopic (exact) mass is 388 g/mol. The summed E-state index contributed by atoms with van der Waals surface area (Å²) in [6.07, 6.45) is 7.88. The van der Waals surface area contributed by atoms with Crippen molar-refractivity contribution < 1.29 is 0 Å². The van der Waals surface area contributed by atoms with E-state index in [9.17, 15) is 0 Å². The van der Waals surface area contributed by atoms with Gasteiger partial charge in [-0.25, -0.2) is 15.0 Å². The predicted octanol–water partition coefficient (Wildman–Crippen LogP) is 6.72. The van der Waals surface area contributed by atoms with Crippen molar-refractivity contribution in [1.82, 2.24) is 15.0 Å². The summed E-state index contributed by atoms with van der Waals surface area (Å²) in [5.41, 5.74) is 2.68. The SMILES string of the molecule is CCC(C)(C)c1ccc(N(c2ccccn2)c2ccc(C(C)(C)CC)cn2)nc1. The van der Waals surface area contributed by atoms with Crippen LogP contribution in [-0.4, -0.2) is 15.0 Å². The minimum absolute atomic E-state index is 0.104. The van der Waals surface area contributed by atoms with Crippen molar-refractivity contribution in [3.8, 4) is 0 Å². The van der Waals surface area contributed by atoms with E-state index in [1.165, 1.54) is 11.1 Å². The summed E-state index contributed by atoms with van der Waals surface area (Å²) in [5.74, 6) is 2.43. The lowest BCUT2D eigenvalue weighted by molar-refractivity contribution is 0.504. The van der Waals surface area contributed by atoms with Crippen LogP contribution in [0.4, 0.5) is 17.5 Å². The first-order valence-electron chi connectivity index (χ1n) is 10.4. The van der Waals surface area contributed by atoms with Crippen molar-refractivity contribution in [2.24, 2.45) is 0 Å². The van der Waals surface area contributed by atoms with Crippen molar-refractivity contribution in [1.29, 1.82) is 0 Å². The zero-order valence-electron chi connectivity index (χ0n) is 18.5. The summed E-state index contributed by atoms with van der Waals surface area (Å²) in [6, 6.07) is 14.3. The van der Waals surface area contributed by atoms with Gasteiger partial charge in [0.1, 0.15) is 17.5 Å². The molecule has 0 fully saturated rings. The van der Waals surface area contributed by atoms with E-state index in [-0.39, 0.29) is 10.8 Å². The largest absolute Gasteiger partial charge is 0.262 e. The molecule has 3 aromatic rings. The third-order valence-electron chi connectivity index (χ3n) is 6.16. The van der Waals surface area contributed by atoms with Crippen LogP contribution < -0.4 is 4.90 Å². The van der Waals surface area contributed by atoms with E-state index >= 15 is 0 Å².